The predicted molar refractivity (Wildman–Crippen MR) is 84.3 cm³/mol. The van der Waals surface area contributed by atoms with Gasteiger partial charge >= 0.3 is 0 Å². The van der Waals surface area contributed by atoms with Crippen LogP contribution in [0.5, 0.6) is 5.75 Å². The molecule has 0 amide bonds. The van der Waals surface area contributed by atoms with Gasteiger partial charge in [0.2, 0.25) is 0 Å². The summed E-state index contributed by atoms with van der Waals surface area (Å²) in [6, 6.07) is 7.59. The van der Waals surface area contributed by atoms with Crippen LogP contribution in [-0.2, 0) is 6.54 Å². The Morgan fingerprint density at radius 2 is 2.24 bits per heavy atom. The summed E-state index contributed by atoms with van der Waals surface area (Å²) in [7, 11) is 0. The van der Waals surface area contributed by atoms with Crippen molar-refractivity contribution in [1.82, 2.24) is 15.2 Å². The van der Waals surface area contributed by atoms with Crippen molar-refractivity contribution in [1.29, 1.82) is 0 Å². The topological polar surface area (TPSA) is 65.1 Å². The van der Waals surface area contributed by atoms with Gasteiger partial charge in [0, 0.05) is 6.54 Å². The number of aryl methyl sites for hydroxylation is 1. The average Bonchev–Trinajstić information content (AvgIpc) is 2.83. The van der Waals surface area contributed by atoms with Gasteiger partial charge in [0.15, 0.2) is 0 Å². The number of hydrogen-bond donors (Lipinski definition) is 2. The third-order valence-corrected chi connectivity index (χ3v) is 3.50. The van der Waals surface area contributed by atoms with E-state index in [1.165, 1.54) is 0 Å². The number of halogens is 1. The lowest BCUT2D eigenvalue weighted by atomic mass is 10.0. The van der Waals surface area contributed by atoms with Crippen LogP contribution in [0.4, 0.5) is 0 Å². The third-order valence-electron chi connectivity index (χ3n) is 3.21. The van der Waals surface area contributed by atoms with Gasteiger partial charge in [0.05, 0.1) is 29.6 Å². The van der Waals surface area contributed by atoms with Crippen molar-refractivity contribution in [2.45, 2.75) is 32.9 Å². The van der Waals surface area contributed by atoms with E-state index in [1.807, 2.05) is 35.9 Å². The molecule has 1 heterocycles. The second kappa shape index (κ2) is 7.45. The van der Waals surface area contributed by atoms with Gasteiger partial charge < -0.3 is 4.74 Å². The van der Waals surface area contributed by atoms with Crippen LogP contribution in [0, 0.1) is 0 Å². The molecule has 2 aromatic rings. The first kappa shape index (κ1) is 15.8. The Morgan fingerprint density at radius 3 is 2.90 bits per heavy atom. The fourth-order valence-corrected chi connectivity index (χ4v) is 2.58. The number of ether oxygens (including phenoxy) is 1. The van der Waals surface area contributed by atoms with Crippen molar-refractivity contribution in [3.8, 4) is 5.75 Å². The zero-order valence-corrected chi connectivity index (χ0v) is 13.1. The van der Waals surface area contributed by atoms with Crippen molar-refractivity contribution in [2.75, 3.05) is 6.61 Å². The Balaban J connectivity index is 2.39. The van der Waals surface area contributed by atoms with E-state index in [0.717, 1.165) is 30.0 Å². The van der Waals surface area contributed by atoms with Crippen LogP contribution in [0.25, 0.3) is 0 Å². The maximum absolute atomic E-state index is 6.29. The van der Waals surface area contributed by atoms with Crippen LogP contribution in [0.1, 0.15) is 37.6 Å². The second-order valence-corrected chi connectivity index (χ2v) is 5.11. The summed E-state index contributed by atoms with van der Waals surface area (Å²) in [5.74, 6) is 6.58. The lowest BCUT2D eigenvalue weighted by Crippen LogP contribution is -2.31. The first-order chi connectivity index (χ1) is 10.2. The predicted octanol–water partition coefficient (Wildman–Crippen LogP) is 2.90. The normalized spacial score (nSPS) is 12.4. The monoisotopic (exact) mass is 308 g/mol. The average molecular weight is 309 g/mol. The summed E-state index contributed by atoms with van der Waals surface area (Å²) in [6.07, 6.45) is 2.63. The molecule has 0 fully saturated rings. The molecule has 21 heavy (non-hydrogen) atoms. The summed E-state index contributed by atoms with van der Waals surface area (Å²) in [4.78, 5) is 0. The number of benzene rings is 1. The summed E-state index contributed by atoms with van der Waals surface area (Å²) in [5.41, 5.74) is 4.69. The Bertz CT molecular complexity index is 585. The van der Waals surface area contributed by atoms with E-state index in [4.69, 9.17) is 22.2 Å². The molecule has 0 spiro atoms. The van der Waals surface area contributed by atoms with Crippen molar-refractivity contribution in [3.05, 3.63) is 46.7 Å². The van der Waals surface area contributed by atoms with Crippen LogP contribution in [0.3, 0.4) is 0 Å². The van der Waals surface area contributed by atoms with E-state index in [9.17, 15) is 0 Å². The number of nitrogens with two attached hydrogens (primary N) is 1. The smallest absolute Gasteiger partial charge is 0.119 e. The largest absolute Gasteiger partial charge is 0.494 e. The van der Waals surface area contributed by atoms with Gasteiger partial charge in [-0.3, -0.25) is 10.5 Å². The summed E-state index contributed by atoms with van der Waals surface area (Å²) < 4.78 is 7.43. The second-order valence-electron chi connectivity index (χ2n) is 4.71. The van der Waals surface area contributed by atoms with Gasteiger partial charge in [0.25, 0.3) is 0 Å². The zero-order chi connectivity index (χ0) is 15.2. The van der Waals surface area contributed by atoms with Crippen molar-refractivity contribution in [2.24, 2.45) is 5.84 Å². The number of aromatic nitrogens is 2. The fourth-order valence-electron chi connectivity index (χ4n) is 2.33. The lowest BCUT2D eigenvalue weighted by Gasteiger charge is -2.19. The summed E-state index contributed by atoms with van der Waals surface area (Å²) in [5, 5.41) is 4.92. The molecule has 1 unspecified atom stereocenters. The fraction of sp³-hybridized carbons (Fsp3) is 0.400. The molecule has 5 nitrogen and oxygen atoms in total. The minimum absolute atomic E-state index is 0.230. The summed E-state index contributed by atoms with van der Waals surface area (Å²) in [6.45, 7) is 5.47. The first-order valence-corrected chi connectivity index (χ1v) is 7.49. The van der Waals surface area contributed by atoms with Gasteiger partial charge in [-0.2, -0.15) is 5.10 Å². The lowest BCUT2D eigenvalue weighted by molar-refractivity contribution is 0.339. The van der Waals surface area contributed by atoms with Crippen LogP contribution >= 0.6 is 11.6 Å². The highest BCUT2D eigenvalue weighted by Crippen LogP contribution is 2.29. The van der Waals surface area contributed by atoms with Crippen LogP contribution in [0.2, 0.25) is 5.02 Å². The quantitative estimate of drug-likeness (QED) is 0.610. The standard InChI is InChI=1S/C15H21ClN4O/c1-3-8-20-15(13(16)10-18-20)14(19-17)11-6-5-7-12(9-11)21-4-2/h5-7,9-10,14,19H,3-4,8,17H2,1-2H3. The minimum Gasteiger partial charge on any atom is -0.494 e. The van der Waals surface area contributed by atoms with Crippen LogP contribution < -0.4 is 16.0 Å². The number of nitrogens with one attached hydrogen (secondary N) is 1. The van der Waals surface area contributed by atoms with E-state index in [0.29, 0.717) is 11.6 Å². The molecule has 0 bridgehead atoms. The number of hydrogen-bond acceptors (Lipinski definition) is 4. The molecule has 0 aliphatic rings. The molecule has 1 aromatic heterocycles. The van der Waals surface area contributed by atoms with Gasteiger partial charge in [-0.25, -0.2) is 5.43 Å². The first-order valence-electron chi connectivity index (χ1n) is 7.11. The maximum Gasteiger partial charge on any atom is 0.119 e. The molecule has 2 rings (SSSR count). The van der Waals surface area contributed by atoms with Crippen LogP contribution in [0.15, 0.2) is 30.5 Å². The Hall–Kier alpha value is -1.56. The highest BCUT2D eigenvalue weighted by Gasteiger charge is 2.21. The minimum atomic E-state index is -0.230. The zero-order valence-electron chi connectivity index (χ0n) is 12.3. The molecular formula is C15H21ClN4O. The Morgan fingerprint density at radius 1 is 1.43 bits per heavy atom. The van der Waals surface area contributed by atoms with E-state index >= 15 is 0 Å². The molecule has 0 saturated carbocycles. The highest BCUT2D eigenvalue weighted by molar-refractivity contribution is 6.31. The number of rotatable bonds is 7. The van der Waals surface area contributed by atoms with E-state index in [-0.39, 0.29) is 6.04 Å². The Labute approximate surface area is 130 Å². The van der Waals surface area contributed by atoms with Gasteiger partial charge in [-0.05, 0) is 31.0 Å². The van der Waals surface area contributed by atoms with E-state index in [1.54, 1.807) is 6.20 Å². The molecule has 0 radical (unpaired) electrons. The van der Waals surface area contributed by atoms with Crippen molar-refractivity contribution < 1.29 is 4.74 Å². The number of hydrazine groups is 1. The molecule has 0 aliphatic carbocycles. The molecule has 0 saturated heterocycles. The molecule has 114 valence electrons. The molecule has 6 heteroatoms. The van der Waals surface area contributed by atoms with Crippen LogP contribution in [-0.4, -0.2) is 16.4 Å². The molecule has 1 atom stereocenters. The molecular weight excluding hydrogens is 288 g/mol. The number of nitrogens with zero attached hydrogens (tertiary/aromatic N) is 2. The van der Waals surface area contributed by atoms with E-state index < -0.39 is 0 Å². The molecule has 0 aliphatic heterocycles. The SMILES string of the molecule is CCCn1ncc(Cl)c1C(NN)c1cccc(OCC)c1. The summed E-state index contributed by atoms with van der Waals surface area (Å²) >= 11 is 6.29. The third kappa shape index (κ3) is 3.56. The molecule has 3 N–H and O–H groups in total. The van der Waals surface area contributed by atoms with Crippen molar-refractivity contribution >= 4 is 11.6 Å². The maximum atomic E-state index is 6.29. The van der Waals surface area contributed by atoms with Crippen molar-refractivity contribution in [3.63, 3.8) is 0 Å². The highest BCUT2D eigenvalue weighted by atomic mass is 35.5. The van der Waals surface area contributed by atoms with E-state index in [2.05, 4.69) is 17.4 Å². The molecule has 1 aromatic carbocycles. The van der Waals surface area contributed by atoms with Gasteiger partial charge in [-0.1, -0.05) is 30.7 Å². The Kier molecular flexibility index (Phi) is 5.61. The van der Waals surface area contributed by atoms with Gasteiger partial charge in [0.1, 0.15) is 5.75 Å². The van der Waals surface area contributed by atoms with Gasteiger partial charge in [-0.15, -0.1) is 0 Å².